The van der Waals surface area contributed by atoms with Crippen LogP contribution in [-0.2, 0) is 24.9 Å². The predicted molar refractivity (Wildman–Crippen MR) is 53.8 cm³/mol. The standard InChI is InChI=1S/C12H14O4.Zn/c1-12(2,3)7-4-5-8(10(13)14)9(6-7)11(15)16;/h4-6H,1-3H3,(H,13,14)(H,15,16);/q;+2/p-2. The Morgan fingerprint density at radius 1 is 1.00 bits per heavy atom. The number of carboxylic acid groups (broad SMARTS) is 2. The number of carboxylic acids is 2. The van der Waals surface area contributed by atoms with E-state index in [0.717, 1.165) is 5.56 Å². The van der Waals surface area contributed by atoms with Crippen LogP contribution >= 0.6 is 0 Å². The third-order valence-corrected chi connectivity index (χ3v) is 2.33. The summed E-state index contributed by atoms with van der Waals surface area (Å²) in [7, 11) is 0. The fraction of sp³-hybridized carbons (Fsp3) is 0.333. The number of carbonyl (C=O) groups excluding carboxylic acids is 2. The summed E-state index contributed by atoms with van der Waals surface area (Å²) >= 11 is 0. The summed E-state index contributed by atoms with van der Waals surface area (Å²) in [5.41, 5.74) is -0.216. The first-order chi connectivity index (χ1) is 7.23. The second-order valence-corrected chi connectivity index (χ2v) is 4.59. The molecule has 0 aliphatic heterocycles. The maximum Gasteiger partial charge on any atom is 2.00 e. The van der Waals surface area contributed by atoms with E-state index in [9.17, 15) is 19.8 Å². The van der Waals surface area contributed by atoms with Gasteiger partial charge in [0, 0.05) is 11.1 Å². The molecule has 1 aromatic carbocycles. The maximum atomic E-state index is 10.8. The number of rotatable bonds is 2. The molecule has 5 heteroatoms. The minimum atomic E-state index is -1.51. The van der Waals surface area contributed by atoms with Crippen molar-refractivity contribution >= 4 is 11.9 Å². The molecule has 17 heavy (non-hydrogen) atoms. The Morgan fingerprint density at radius 2 is 1.47 bits per heavy atom. The van der Waals surface area contributed by atoms with E-state index in [0.29, 0.717) is 0 Å². The van der Waals surface area contributed by atoms with Crippen molar-refractivity contribution in [3.05, 3.63) is 34.9 Å². The van der Waals surface area contributed by atoms with E-state index in [1.54, 1.807) is 6.07 Å². The summed E-state index contributed by atoms with van der Waals surface area (Å²) < 4.78 is 0. The molecule has 0 aliphatic rings. The molecule has 0 unspecified atom stereocenters. The predicted octanol–water partition coefficient (Wildman–Crippen LogP) is -0.291. The Hall–Kier alpha value is -1.22. The van der Waals surface area contributed by atoms with E-state index in [1.165, 1.54) is 12.1 Å². The van der Waals surface area contributed by atoms with Gasteiger partial charge in [0.15, 0.2) is 0 Å². The van der Waals surface area contributed by atoms with Gasteiger partial charge in [0.2, 0.25) is 0 Å². The molecule has 0 fully saturated rings. The Kier molecular flexibility index (Phi) is 5.02. The molecule has 0 saturated heterocycles. The van der Waals surface area contributed by atoms with E-state index < -0.39 is 11.9 Å². The van der Waals surface area contributed by atoms with Gasteiger partial charge in [0.05, 0.1) is 11.9 Å². The SMILES string of the molecule is CC(C)(C)c1ccc(C(=O)[O-])c(C(=O)[O-])c1.[Zn+2]. The fourth-order valence-corrected chi connectivity index (χ4v) is 1.36. The first-order valence-electron chi connectivity index (χ1n) is 4.80. The van der Waals surface area contributed by atoms with E-state index in [2.05, 4.69) is 0 Å². The Balaban J connectivity index is 0.00000256. The third-order valence-electron chi connectivity index (χ3n) is 2.33. The zero-order valence-electron chi connectivity index (χ0n) is 10.1. The maximum absolute atomic E-state index is 10.8. The van der Waals surface area contributed by atoms with Gasteiger partial charge >= 0.3 is 19.5 Å². The van der Waals surface area contributed by atoms with Gasteiger partial charge in [-0.1, -0.05) is 32.9 Å². The van der Waals surface area contributed by atoms with E-state index >= 15 is 0 Å². The Bertz CT molecular complexity index is 446. The van der Waals surface area contributed by atoms with Crippen LogP contribution in [0.3, 0.4) is 0 Å². The van der Waals surface area contributed by atoms with Gasteiger partial charge in [-0.2, -0.15) is 0 Å². The molecule has 0 heterocycles. The van der Waals surface area contributed by atoms with Crippen LogP contribution in [0.1, 0.15) is 47.1 Å². The number of hydrogen-bond donors (Lipinski definition) is 0. The Labute approximate surface area is 112 Å². The quantitative estimate of drug-likeness (QED) is 0.699. The monoisotopic (exact) mass is 284 g/mol. The molecule has 0 aromatic heterocycles. The average molecular weight is 286 g/mol. The van der Waals surface area contributed by atoms with Crippen molar-refractivity contribution in [2.24, 2.45) is 0 Å². The zero-order chi connectivity index (χ0) is 12.5. The molecule has 1 rings (SSSR count). The summed E-state index contributed by atoms with van der Waals surface area (Å²) in [5, 5.41) is 21.5. The molecule has 0 bridgehead atoms. The van der Waals surface area contributed by atoms with Crippen LogP contribution in [0.15, 0.2) is 18.2 Å². The minimum absolute atomic E-state index is 0. The van der Waals surface area contributed by atoms with Crippen LogP contribution in [0.25, 0.3) is 0 Å². The van der Waals surface area contributed by atoms with Gasteiger partial charge < -0.3 is 19.8 Å². The molecule has 0 aliphatic carbocycles. The summed E-state index contributed by atoms with van der Waals surface area (Å²) in [6.07, 6.45) is 0. The van der Waals surface area contributed by atoms with Crippen molar-refractivity contribution < 1.29 is 39.3 Å². The second-order valence-electron chi connectivity index (χ2n) is 4.59. The number of benzene rings is 1. The van der Waals surface area contributed by atoms with Gasteiger partial charge in [-0.05, 0) is 17.0 Å². The van der Waals surface area contributed by atoms with Gasteiger partial charge in [0.1, 0.15) is 0 Å². The molecule has 4 nitrogen and oxygen atoms in total. The van der Waals surface area contributed by atoms with Gasteiger partial charge in [-0.3, -0.25) is 0 Å². The zero-order valence-corrected chi connectivity index (χ0v) is 13.0. The van der Waals surface area contributed by atoms with E-state index in [4.69, 9.17) is 0 Å². The van der Waals surface area contributed by atoms with Crippen LogP contribution in [-0.4, -0.2) is 11.9 Å². The average Bonchev–Trinajstić information content (AvgIpc) is 2.15. The summed E-state index contributed by atoms with van der Waals surface area (Å²) in [5.74, 6) is -3.02. The van der Waals surface area contributed by atoms with Crippen molar-refractivity contribution in [1.29, 1.82) is 0 Å². The molecule has 0 saturated carbocycles. The van der Waals surface area contributed by atoms with Crippen molar-refractivity contribution in [1.82, 2.24) is 0 Å². The fourth-order valence-electron chi connectivity index (χ4n) is 1.36. The van der Waals surface area contributed by atoms with Crippen LogP contribution < -0.4 is 10.2 Å². The number of hydrogen-bond acceptors (Lipinski definition) is 4. The van der Waals surface area contributed by atoms with Gasteiger partial charge in [0.25, 0.3) is 0 Å². The number of carbonyl (C=O) groups is 2. The molecule has 1 aromatic rings. The smallest absolute Gasteiger partial charge is 0.545 e. The second kappa shape index (κ2) is 5.41. The Morgan fingerprint density at radius 3 is 1.82 bits per heavy atom. The third kappa shape index (κ3) is 3.63. The first kappa shape index (κ1) is 15.8. The first-order valence-corrected chi connectivity index (χ1v) is 4.80. The van der Waals surface area contributed by atoms with Crippen LogP contribution in [0.5, 0.6) is 0 Å². The van der Waals surface area contributed by atoms with Crippen molar-refractivity contribution in [2.45, 2.75) is 26.2 Å². The molecule has 86 valence electrons. The largest absolute Gasteiger partial charge is 2.00 e. The molecular formula is C12H12O4Zn. The van der Waals surface area contributed by atoms with Crippen LogP contribution in [0.4, 0.5) is 0 Å². The van der Waals surface area contributed by atoms with E-state index in [1.807, 2.05) is 20.8 Å². The van der Waals surface area contributed by atoms with E-state index in [-0.39, 0.29) is 36.0 Å². The topological polar surface area (TPSA) is 80.3 Å². The normalized spacial score (nSPS) is 10.5. The van der Waals surface area contributed by atoms with Crippen molar-refractivity contribution in [2.75, 3.05) is 0 Å². The molecular weight excluding hydrogens is 274 g/mol. The molecule has 0 N–H and O–H groups in total. The van der Waals surface area contributed by atoms with Crippen LogP contribution in [0.2, 0.25) is 0 Å². The number of aromatic carboxylic acids is 2. The minimum Gasteiger partial charge on any atom is -0.545 e. The molecule has 0 atom stereocenters. The van der Waals surface area contributed by atoms with Crippen LogP contribution in [0, 0.1) is 0 Å². The summed E-state index contributed by atoms with van der Waals surface area (Å²) in [6.45, 7) is 5.71. The molecule has 0 radical (unpaired) electrons. The summed E-state index contributed by atoms with van der Waals surface area (Å²) in [6, 6.07) is 4.14. The van der Waals surface area contributed by atoms with Crippen molar-refractivity contribution in [3.8, 4) is 0 Å². The van der Waals surface area contributed by atoms with Crippen molar-refractivity contribution in [3.63, 3.8) is 0 Å². The van der Waals surface area contributed by atoms with Gasteiger partial charge in [-0.15, -0.1) is 0 Å². The molecule has 0 spiro atoms. The molecule has 0 amide bonds. The summed E-state index contributed by atoms with van der Waals surface area (Å²) in [4.78, 5) is 21.5. The van der Waals surface area contributed by atoms with Gasteiger partial charge in [-0.25, -0.2) is 0 Å².